The van der Waals surface area contributed by atoms with Gasteiger partial charge in [0.05, 0.1) is 4.90 Å². The minimum absolute atomic E-state index is 0.0566. The highest BCUT2D eigenvalue weighted by Gasteiger charge is 2.29. The molecule has 0 radical (unpaired) electrons. The van der Waals surface area contributed by atoms with Crippen LogP contribution in [0.2, 0.25) is 0 Å². The molecule has 0 aliphatic carbocycles. The maximum Gasteiger partial charge on any atom is 0.243 e. The standard InChI is InChI=1S/C12H15FN2O3S/c1-10(16)14-6-8-15(9-7-14)19(17,18)12-4-2-11(13)3-5-12/h2-5H,6-9H2,1H3. The van der Waals surface area contributed by atoms with Crippen molar-refractivity contribution < 1.29 is 17.6 Å². The van der Waals surface area contributed by atoms with Crippen LogP contribution in [0, 0.1) is 5.82 Å². The number of benzene rings is 1. The van der Waals surface area contributed by atoms with Crippen LogP contribution in [0.25, 0.3) is 0 Å². The van der Waals surface area contributed by atoms with Gasteiger partial charge in [0, 0.05) is 33.1 Å². The van der Waals surface area contributed by atoms with Gasteiger partial charge in [0.1, 0.15) is 5.82 Å². The number of hydrogen-bond acceptors (Lipinski definition) is 3. The van der Waals surface area contributed by atoms with Gasteiger partial charge in [-0.05, 0) is 24.3 Å². The topological polar surface area (TPSA) is 57.7 Å². The number of nitrogens with zero attached hydrogens (tertiary/aromatic N) is 2. The number of piperazine rings is 1. The summed E-state index contributed by atoms with van der Waals surface area (Å²) >= 11 is 0. The maximum atomic E-state index is 12.8. The molecule has 19 heavy (non-hydrogen) atoms. The van der Waals surface area contributed by atoms with Crippen molar-refractivity contribution in [3.8, 4) is 0 Å². The Labute approximate surface area is 111 Å². The van der Waals surface area contributed by atoms with Gasteiger partial charge in [-0.2, -0.15) is 4.31 Å². The van der Waals surface area contributed by atoms with Crippen molar-refractivity contribution in [2.24, 2.45) is 0 Å². The van der Waals surface area contributed by atoms with Crippen LogP contribution in [-0.4, -0.2) is 49.7 Å². The van der Waals surface area contributed by atoms with E-state index < -0.39 is 15.8 Å². The third-order valence-electron chi connectivity index (χ3n) is 3.14. The first kappa shape index (κ1) is 14.0. The average molecular weight is 286 g/mol. The lowest BCUT2D eigenvalue weighted by Gasteiger charge is -2.33. The number of rotatable bonds is 2. The zero-order chi connectivity index (χ0) is 14.0. The molecule has 0 saturated carbocycles. The molecular weight excluding hydrogens is 271 g/mol. The summed E-state index contributed by atoms with van der Waals surface area (Å²) in [7, 11) is -3.60. The number of carbonyl (C=O) groups is 1. The molecule has 1 amide bonds. The van der Waals surface area contributed by atoms with Gasteiger partial charge in [-0.15, -0.1) is 0 Å². The smallest absolute Gasteiger partial charge is 0.243 e. The zero-order valence-corrected chi connectivity index (χ0v) is 11.4. The average Bonchev–Trinajstić information content (AvgIpc) is 2.39. The summed E-state index contributed by atoms with van der Waals surface area (Å²) in [6, 6.07) is 4.75. The predicted molar refractivity (Wildman–Crippen MR) is 67.4 cm³/mol. The van der Waals surface area contributed by atoms with E-state index in [0.29, 0.717) is 13.1 Å². The van der Waals surface area contributed by atoms with E-state index in [1.807, 2.05) is 0 Å². The molecule has 1 aliphatic rings. The van der Waals surface area contributed by atoms with Crippen LogP contribution in [0.5, 0.6) is 0 Å². The lowest BCUT2D eigenvalue weighted by atomic mass is 10.3. The van der Waals surface area contributed by atoms with Crippen LogP contribution < -0.4 is 0 Å². The van der Waals surface area contributed by atoms with Crippen LogP contribution in [0.4, 0.5) is 4.39 Å². The van der Waals surface area contributed by atoms with Crippen LogP contribution in [0.1, 0.15) is 6.92 Å². The van der Waals surface area contributed by atoms with E-state index in [1.54, 1.807) is 4.90 Å². The number of amides is 1. The Morgan fingerprint density at radius 3 is 2.11 bits per heavy atom. The summed E-state index contributed by atoms with van der Waals surface area (Å²) in [5.74, 6) is -0.529. The Morgan fingerprint density at radius 2 is 1.63 bits per heavy atom. The molecular formula is C12H15FN2O3S. The fraction of sp³-hybridized carbons (Fsp3) is 0.417. The first-order chi connectivity index (χ1) is 8.91. The molecule has 0 N–H and O–H groups in total. The molecule has 0 unspecified atom stereocenters. The molecule has 0 atom stereocenters. The second-order valence-corrected chi connectivity index (χ2v) is 6.30. The van der Waals surface area contributed by atoms with Crippen LogP contribution in [0.15, 0.2) is 29.2 Å². The van der Waals surface area contributed by atoms with E-state index >= 15 is 0 Å². The number of hydrogen-bond donors (Lipinski definition) is 0. The first-order valence-electron chi connectivity index (χ1n) is 5.92. The van der Waals surface area contributed by atoms with Crippen LogP contribution in [-0.2, 0) is 14.8 Å². The largest absolute Gasteiger partial charge is 0.340 e. The lowest BCUT2D eigenvalue weighted by molar-refractivity contribution is -0.129. The molecule has 1 saturated heterocycles. The van der Waals surface area contributed by atoms with E-state index in [1.165, 1.54) is 23.4 Å². The summed E-state index contributed by atoms with van der Waals surface area (Å²) in [5.41, 5.74) is 0. The molecule has 5 nitrogen and oxygen atoms in total. The SMILES string of the molecule is CC(=O)N1CCN(S(=O)(=O)c2ccc(F)cc2)CC1. The zero-order valence-electron chi connectivity index (χ0n) is 10.5. The van der Waals surface area contributed by atoms with Crippen LogP contribution >= 0.6 is 0 Å². The second kappa shape index (κ2) is 5.26. The van der Waals surface area contributed by atoms with Gasteiger partial charge >= 0.3 is 0 Å². The molecule has 1 aromatic carbocycles. The highest BCUT2D eigenvalue weighted by molar-refractivity contribution is 7.89. The summed E-state index contributed by atoms with van der Waals surface area (Å²) in [6.07, 6.45) is 0. The third-order valence-corrected chi connectivity index (χ3v) is 5.05. The summed E-state index contributed by atoms with van der Waals surface area (Å²) in [6.45, 7) is 2.76. The lowest BCUT2D eigenvalue weighted by Crippen LogP contribution is -2.49. The normalized spacial score (nSPS) is 17.5. The number of carbonyl (C=O) groups excluding carboxylic acids is 1. The molecule has 104 valence electrons. The Hall–Kier alpha value is -1.47. The molecule has 0 aromatic heterocycles. The fourth-order valence-corrected chi connectivity index (χ4v) is 3.42. The van der Waals surface area contributed by atoms with Gasteiger partial charge in [0.2, 0.25) is 15.9 Å². The van der Waals surface area contributed by atoms with Gasteiger partial charge in [-0.3, -0.25) is 4.79 Å². The number of halogens is 1. The van der Waals surface area contributed by atoms with Gasteiger partial charge in [-0.1, -0.05) is 0 Å². The quantitative estimate of drug-likeness (QED) is 0.803. The van der Waals surface area contributed by atoms with E-state index in [-0.39, 0.29) is 23.9 Å². The van der Waals surface area contributed by atoms with Crippen LogP contribution in [0.3, 0.4) is 0 Å². The molecule has 1 fully saturated rings. The molecule has 7 heteroatoms. The Morgan fingerprint density at radius 1 is 1.11 bits per heavy atom. The summed E-state index contributed by atoms with van der Waals surface area (Å²) in [4.78, 5) is 12.9. The van der Waals surface area contributed by atoms with Gasteiger partial charge in [0.25, 0.3) is 0 Å². The minimum atomic E-state index is -3.60. The summed E-state index contributed by atoms with van der Waals surface area (Å²) < 4.78 is 38.7. The van der Waals surface area contributed by atoms with Crippen molar-refractivity contribution in [1.82, 2.24) is 9.21 Å². The minimum Gasteiger partial charge on any atom is -0.340 e. The molecule has 2 rings (SSSR count). The van der Waals surface area contributed by atoms with E-state index in [0.717, 1.165) is 12.1 Å². The Balaban J connectivity index is 2.14. The maximum absolute atomic E-state index is 12.8. The van der Waals surface area contributed by atoms with Crippen molar-refractivity contribution >= 4 is 15.9 Å². The van der Waals surface area contributed by atoms with Crippen molar-refractivity contribution in [3.05, 3.63) is 30.1 Å². The van der Waals surface area contributed by atoms with Gasteiger partial charge < -0.3 is 4.90 Å². The van der Waals surface area contributed by atoms with Crippen molar-refractivity contribution in [3.63, 3.8) is 0 Å². The summed E-state index contributed by atoms with van der Waals surface area (Å²) in [5, 5.41) is 0. The highest BCUT2D eigenvalue weighted by atomic mass is 32.2. The fourth-order valence-electron chi connectivity index (χ4n) is 2.00. The van der Waals surface area contributed by atoms with Gasteiger partial charge in [0.15, 0.2) is 0 Å². The predicted octanol–water partition coefficient (Wildman–Crippen LogP) is 0.679. The van der Waals surface area contributed by atoms with Gasteiger partial charge in [-0.25, -0.2) is 12.8 Å². The van der Waals surface area contributed by atoms with E-state index in [4.69, 9.17) is 0 Å². The Bertz CT molecular complexity index is 563. The Kier molecular flexibility index (Phi) is 3.86. The molecule has 1 heterocycles. The van der Waals surface area contributed by atoms with E-state index in [2.05, 4.69) is 0 Å². The number of sulfonamides is 1. The molecule has 0 spiro atoms. The highest BCUT2D eigenvalue weighted by Crippen LogP contribution is 2.17. The molecule has 0 bridgehead atoms. The van der Waals surface area contributed by atoms with Crippen molar-refractivity contribution in [1.29, 1.82) is 0 Å². The second-order valence-electron chi connectivity index (χ2n) is 4.36. The van der Waals surface area contributed by atoms with Crippen molar-refractivity contribution in [2.45, 2.75) is 11.8 Å². The molecule has 1 aliphatic heterocycles. The third kappa shape index (κ3) is 2.93. The van der Waals surface area contributed by atoms with Crippen molar-refractivity contribution in [2.75, 3.05) is 26.2 Å². The molecule has 1 aromatic rings. The monoisotopic (exact) mass is 286 g/mol. The van der Waals surface area contributed by atoms with E-state index in [9.17, 15) is 17.6 Å². The first-order valence-corrected chi connectivity index (χ1v) is 7.36.